The van der Waals surface area contributed by atoms with Crippen LogP contribution in [0.2, 0.25) is 5.02 Å². The molecular formula is C16H19ClN2O5. The molecule has 1 fully saturated rings. The van der Waals surface area contributed by atoms with E-state index in [1.54, 1.807) is 13.8 Å². The fourth-order valence-corrected chi connectivity index (χ4v) is 3.12. The molecule has 2 rings (SSSR count). The zero-order valence-corrected chi connectivity index (χ0v) is 14.1. The molecule has 8 heteroatoms. The molecule has 0 heterocycles. The quantitative estimate of drug-likeness (QED) is 0.615. The molecule has 130 valence electrons. The fourth-order valence-electron chi connectivity index (χ4n) is 2.85. The van der Waals surface area contributed by atoms with Crippen molar-refractivity contribution in [2.24, 2.45) is 17.3 Å². The SMILES string of the molecule is CC1(C)[C@@H](C(=O)O)[C@@H]1C(=O)Nc1ccc(C(=O)NCCO)c(Cl)c1. The predicted molar refractivity (Wildman–Crippen MR) is 87.9 cm³/mol. The maximum Gasteiger partial charge on any atom is 0.307 e. The molecular weight excluding hydrogens is 336 g/mol. The van der Waals surface area contributed by atoms with Gasteiger partial charge in [0.15, 0.2) is 0 Å². The van der Waals surface area contributed by atoms with Gasteiger partial charge in [0.1, 0.15) is 0 Å². The minimum atomic E-state index is -0.992. The highest BCUT2D eigenvalue weighted by atomic mass is 35.5. The highest BCUT2D eigenvalue weighted by molar-refractivity contribution is 6.34. The minimum Gasteiger partial charge on any atom is -0.481 e. The lowest BCUT2D eigenvalue weighted by Gasteiger charge is -2.09. The maximum atomic E-state index is 12.3. The summed E-state index contributed by atoms with van der Waals surface area (Å²) in [6, 6.07) is 4.40. The zero-order chi connectivity index (χ0) is 18.1. The Balaban J connectivity index is 2.07. The third-order valence-corrected chi connectivity index (χ3v) is 4.57. The summed E-state index contributed by atoms with van der Waals surface area (Å²) in [4.78, 5) is 35.2. The van der Waals surface area contributed by atoms with Crippen molar-refractivity contribution in [1.82, 2.24) is 5.32 Å². The summed E-state index contributed by atoms with van der Waals surface area (Å²) in [6.45, 7) is 3.40. The average Bonchev–Trinajstić information content (AvgIpc) is 3.08. The summed E-state index contributed by atoms with van der Waals surface area (Å²) < 4.78 is 0. The van der Waals surface area contributed by atoms with E-state index >= 15 is 0 Å². The second-order valence-corrected chi connectivity index (χ2v) is 6.69. The highest BCUT2D eigenvalue weighted by Crippen LogP contribution is 2.58. The Morgan fingerprint density at radius 2 is 1.92 bits per heavy atom. The van der Waals surface area contributed by atoms with Crippen molar-refractivity contribution in [3.63, 3.8) is 0 Å². The lowest BCUT2D eigenvalue weighted by molar-refractivity contribution is -0.140. The summed E-state index contributed by atoms with van der Waals surface area (Å²) in [5.74, 6) is -3.13. The molecule has 4 N–H and O–H groups in total. The van der Waals surface area contributed by atoms with Gasteiger partial charge in [-0.15, -0.1) is 0 Å². The first kappa shape index (κ1) is 18.2. The van der Waals surface area contributed by atoms with Gasteiger partial charge in [-0.25, -0.2) is 0 Å². The van der Waals surface area contributed by atoms with Gasteiger partial charge in [0.05, 0.1) is 29.0 Å². The lowest BCUT2D eigenvalue weighted by atomic mass is 10.1. The number of halogens is 1. The number of aliphatic carboxylic acids is 1. The van der Waals surface area contributed by atoms with Crippen LogP contribution in [-0.2, 0) is 9.59 Å². The number of hydrogen-bond acceptors (Lipinski definition) is 4. The topological polar surface area (TPSA) is 116 Å². The molecule has 0 aliphatic heterocycles. The Labute approximate surface area is 144 Å². The van der Waals surface area contributed by atoms with Crippen LogP contribution in [-0.4, -0.2) is 41.1 Å². The number of hydrogen-bond donors (Lipinski definition) is 4. The molecule has 24 heavy (non-hydrogen) atoms. The number of rotatable bonds is 6. The molecule has 0 bridgehead atoms. The van der Waals surface area contributed by atoms with E-state index in [-0.39, 0.29) is 29.6 Å². The van der Waals surface area contributed by atoms with Gasteiger partial charge in [0.25, 0.3) is 5.91 Å². The molecule has 1 aliphatic rings. The number of amides is 2. The monoisotopic (exact) mass is 354 g/mol. The first-order valence-electron chi connectivity index (χ1n) is 7.42. The first-order valence-corrected chi connectivity index (χ1v) is 7.80. The van der Waals surface area contributed by atoms with Crippen LogP contribution in [0.15, 0.2) is 18.2 Å². The highest BCUT2D eigenvalue weighted by Gasteiger charge is 2.65. The van der Waals surface area contributed by atoms with Crippen LogP contribution in [0, 0.1) is 17.3 Å². The number of aliphatic hydroxyl groups is 1. The van der Waals surface area contributed by atoms with Crippen molar-refractivity contribution in [1.29, 1.82) is 0 Å². The number of carboxylic acid groups (broad SMARTS) is 1. The molecule has 1 aromatic carbocycles. The number of anilines is 1. The average molecular weight is 355 g/mol. The molecule has 0 aromatic heterocycles. The van der Waals surface area contributed by atoms with Crippen LogP contribution < -0.4 is 10.6 Å². The van der Waals surface area contributed by atoms with Crippen LogP contribution in [0.5, 0.6) is 0 Å². The van der Waals surface area contributed by atoms with Crippen LogP contribution in [0.1, 0.15) is 24.2 Å². The Hall–Kier alpha value is -2.12. The van der Waals surface area contributed by atoms with Crippen LogP contribution in [0.4, 0.5) is 5.69 Å². The van der Waals surface area contributed by atoms with Gasteiger partial charge >= 0.3 is 5.97 Å². The second-order valence-electron chi connectivity index (χ2n) is 6.28. The van der Waals surface area contributed by atoms with E-state index in [1.165, 1.54) is 18.2 Å². The zero-order valence-electron chi connectivity index (χ0n) is 13.3. The Morgan fingerprint density at radius 3 is 2.42 bits per heavy atom. The summed E-state index contributed by atoms with van der Waals surface area (Å²) in [5.41, 5.74) is 0.0120. The van der Waals surface area contributed by atoms with Gasteiger partial charge in [0.2, 0.25) is 5.91 Å². The van der Waals surface area contributed by atoms with Gasteiger partial charge in [-0.05, 0) is 23.6 Å². The van der Waals surface area contributed by atoms with Crippen LogP contribution in [0.3, 0.4) is 0 Å². The standard InChI is InChI=1S/C16H19ClN2O5/c1-16(2)11(12(16)15(23)24)14(22)19-8-3-4-9(10(17)7-8)13(21)18-5-6-20/h3-4,7,11-12,20H,5-6H2,1-2H3,(H,18,21)(H,19,22)(H,23,24)/t11-,12-/m1/s1. The normalized spacial score (nSPS) is 21.0. The van der Waals surface area contributed by atoms with Crippen molar-refractivity contribution >= 4 is 35.1 Å². The molecule has 2 amide bonds. The van der Waals surface area contributed by atoms with Gasteiger partial charge in [-0.2, -0.15) is 0 Å². The van der Waals surface area contributed by atoms with Crippen LogP contribution >= 0.6 is 11.6 Å². The summed E-state index contributed by atoms with van der Waals surface area (Å²) in [7, 11) is 0. The van der Waals surface area contributed by atoms with E-state index < -0.39 is 29.1 Å². The largest absolute Gasteiger partial charge is 0.481 e. The Morgan fingerprint density at radius 1 is 1.25 bits per heavy atom. The van der Waals surface area contributed by atoms with E-state index in [4.69, 9.17) is 21.8 Å². The Kier molecular flexibility index (Phi) is 5.15. The van der Waals surface area contributed by atoms with Gasteiger partial charge in [0, 0.05) is 12.2 Å². The smallest absolute Gasteiger partial charge is 0.307 e. The summed E-state index contributed by atoms with van der Waals surface area (Å²) >= 11 is 6.05. The number of carbonyl (C=O) groups excluding carboxylic acids is 2. The lowest BCUT2D eigenvalue weighted by Crippen LogP contribution is -2.26. The minimum absolute atomic E-state index is 0.112. The number of carbonyl (C=O) groups is 3. The number of benzene rings is 1. The fraction of sp³-hybridized carbons (Fsp3) is 0.438. The number of aliphatic hydroxyl groups excluding tert-OH is 1. The van der Waals surface area contributed by atoms with E-state index in [9.17, 15) is 14.4 Å². The van der Waals surface area contributed by atoms with E-state index in [0.717, 1.165) is 0 Å². The van der Waals surface area contributed by atoms with Gasteiger partial charge < -0.3 is 20.8 Å². The van der Waals surface area contributed by atoms with Crippen molar-refractivity contribution in [3.8, 4) is 0 Å². The maximum absolute atomic E-state index is 12.3. The summed E-state index contributed by atoms with van der Waals surface area (Å²) in [5, 5.41) is 23.1. The summed E-state index contributed by atoms with van der Waals surface area (Å²) in [6.07, 6.45) is 0. The molecule has 0 spiro atoms. The molecule has 7 nitrogen and oxygen atoms in total. The van der Waals surface area contributed by atoms with Crippen molar-refractivity contribution in [3.05, 3.63) is 28.8 Å². The Bertz CT molecular complexity index is 689. The van der Waals surface area contributed by atoms with Gasteiger partial charge in [-0.3, -0.25) is 14.4 Å². The molecule has 0 saturated heterocycles. The molecule has 2 atom stereocenters. The number of nitrogens with one attached hydrogen (secondary N) is 2. The van der Waals surface area contributed by atoms with Crippen molar-refractivity contribution in [2.75, 3.05) is 18.5 Å². The second kappa shape index (κ2) is 6.78. The third-order valence-electron chi connectivity index (χ3n) is 4.25. The third kappa shape index (κ3) is 3.52. The number of carboxylic acids is 1. The molecule has 0 radical (unpaired) electrons. The van der Waals surface area contributed by atoms with E-state index in [2.05, 4.69) is 10.6 Å². The first-order chi connectivity index (χ1) is 11.2. The molecule has 1 aliphatic carbocycles. The van der Waals surface area contributed by atoms with Crippen molar-refractivity contribution in [2.45, 2.75) is 13.8 Å². The van der Waals surface area contributed by atoms with Gasteiger partial charge in [-0.1, -0.05) is 25.4 Å². The van der Waals surface area contributed by atoms with Crippen LogP contribution in [0.25, 0.3) is 0 Å². The molecule has 0 unspecified atom stereocenters. The predicted octanol–water partition coefficient (Wildman–Crippen LogP) is 1.36. The van der Waals surface area contributed by atoms with E-state index in [0.29, 0.717) is 5.69 Å². The molecule has 1 saturated carbocycles. The van der Waals surface area contributed by atoms with Crippen molar-refractivity contribution < 1.29 is 24.6 Å². The van der Waals surface area contributed by atoms with E-state index in [1.807, 2.05) is 0 Å². The molecule has 1 aromatic rings.